The van der Waals surface area contributed by atoms with Gasteiger partial charge in [0.15, 0.2) is 0 Å². The Hall–Kier alpha value is -2.04. The molecule has 0 N–H and O–H groups in total. The summed E-state index contributed by atoms with van der Waals surface area (Å²) in [5.74, 6) is -3.45. The summed E-state index contributed by atoms with van der Waals surface area (Å²) < 4.78 is 5.19. The maximum absolute atomic E-state index is 10.8. The standard InChI is InChI=1S/C12H14O5/c1-2-17-9-5-3-8(4-6-9)10(12(15)16)7-11(13)14/h3-6,10H,2,7H2,1H3,(H,13,14)(H,15,16)/p-2/t10-/m0/s1. The van der Waals surface area contributed by atoms with E-state index in [0.717, 1.165) is 0 Å². The zero-order chi connectivity index (χ0) is 12.8. The Labute approximate surface area is 98.6 Å². The van der Waals surface area contributed by atoms with E-state index in [0.29, 0.717) is 17.9 Å². The van der Waals surface area contributed by atoms with Gasteiger partial charge in [0.05, 0.1) is 6.61 Å². The van der Waals surface area contributed by atoms with Crippen molar-refractivity contribution in [3.8, 4) is 5.75 Å². The molecule has 0 aliphatic rings. The van der Waals surface area contributed by atoms with Gasteiger partial charge in [0.1, 0.15) is 5.75 Å². The molecule has 0 spiro atoms. The second-order valence-electron chi connectivity index (χ2n) is 3.45. The smallest absolute Gasteiger partial charge is 0.119 e. The predicted molar refractivity (Wildman–Crippen MR) is 55.0 cm³/mol. The second kappa shape index (κ2) is 5.89. The quantitative estimate of drug-likeness (QED) is 0.635. The SMILES string of the molecule is CCOc1ccc([C@H](CC(=O)[O-])C(=O)[O-])cc1. The van der Waals surface area contributed by atoms with Gasteiger partial charge in [-0.1, -0.05) is 12.1 Å². The largest absolute Gasteiger partial charge is 0.550 e. The summed E-state index contributed by atoms with van der Waals surface area (Å²) in [6, 6.07) is 6.19. The molecule has 0 amide bonds. The predicted octanol–water partition coefficient (Wildman–Crippen LogP) is -0.941. The first-order chi connectivity index (χ1) is 8.04. The molecule has 0 heterocycles. The molecular formula is C12H12O5-2. The van der Waals surface area contributed by atoms with Crippen molar-refractivity contribution in [2.45, 2.75) is 19.3 Å². The number of rotatable bonds is 6. The Morgan fingerprint density at radius 1 is 1.24 bits per heavy atom. The van der Waals surface area contributed by atoms with Crippen molar-refractivity contribution in [3.63, 3.8) is 0 Å². The lowest BCUT2D eigenvalue weighted by molar-refractivity contribution is -0.317. The fourth-order valence-electron chi connectivity index (χ4n) is 1.47. The molecule has 0 saturated heterocycles. The Morgan fingerprint density at radius 3 is 2.24 bits per heavy atom. The van der Waals surface area contributed by atoms with Crippen LogP contribution in [0.3, 0.4) is 0 Å². The van der Waals surface area contributed by atoms with Gasteiger partial charge < -0.3 is 24.5 Å². The lowest BCUT2D eigenvalue weighted by Gasteiger charge is -2.19. The minimum absolute atomic E-state index is 0.359. The van der Waals surface area contributed by atoms with E-state index >= 15 is 0 Å². The summed E-state index contributed by atoms with van der Waals surface area (Å²) in [6.45, 7) is 2.33. The molecule has 1 atom stereocenters. The van der Waals surface area contributed by atoms with E-state index in [9.17, 15) is 19.8 Å². The number of benzene rings is 1. The number of carboxylic acids is 2. The van der Waals surface area contributed by atoms with E-state index < -0.39 is 24.3 Å². The van der Waals surface area contributed by atoms with Crippen LogP contribution >= 0.6 is 0 Å². The molecule has 17 heavy (non-hydrogen) atoms. The molecule has 1 aromatic rings. The van der Waals surface area contributed by atoms with Crippen molar-refractivity contribution in [1.82, 2.24) is 0 Å². The third-order valence-corrected chi connectivity index (χ3v) is 2.25. The van der Waals surface area contributed by atoms with E-state index in [1.54, 1.807) is 12.1 Å². The zero-order valence-electron chi connectivity index (χ0n) is 9.34. The highest BCUT2D eigenvalue weighted by Crippen LogP contribution is 2.21. The number of carbonyl (C=O) groups excluding carboxylic acids is 2. The molecule has 0 aliphatic carbocycles. The van der Waals surface area contributed by atoms with Gasteiger partial charge in [-0.2, -0.15) is 0 Å². The Balaban J connectivity index is 2.87. The Bertz CT molecular complexity index is 396. The second-order valence-corrected chi connectivity index (χ2v) is 3.45. The summed E-state index contributed by atoms with van der Waals surface area (Å²) in [5, 5.41) is 21.2. The molecule has 0 aliphatic heterocycles. The first-order valence-corrected chi connectivity index (χ1v) is 5.18. The van der Waals surface area contributed by atoms with E-state index in [1.807, 2.05) is 6.92 Å². The van der Waals surface area contributed by atoms with Crippen LogP contribution in [-0.4, -0.2) is 18.5 Å². The average molecular weight is 236 g/mol. The molecule has 1 rings (SSSR count). The monoisotopic (exact) mass is 236 g/mol. The summed E-state index contributed by atoms with van der Waals surface area (Å²) in [5.41, 5.74) is 0.359. The minimum atomic E-state index is -1.43. The van der Waals surface area contributed by atoms with Gasteiger partial charge in [0.2, 0.25) is 0 Å². The first kappa shape index (κ1) is 13.0. The number of carboxylic acid groups (broad SMARTS) is 2. The third-order valence-electron chi connectivity index (χ3n) is 2.25. The lowest BCUT2D eigenvalue weighted by atomic mass is 9.96. The topological polar surface area (TPSA) is 89.5 Å². The molecule has 0 fully saturated rings. The van der Waals surface area contributed by atoms with Crippen molar-refractivity contribution in [2.75, 3.05) is 6.61 Å². The van der Waals surface area contributed by atoms with Crippen LogP contribution < -0.4 is 14.9 Å². The van der Waals surface area contributed by atoms with Gasteiger partial charge in [-0.05, 0) is 31.0 Å². The van der Waals surface area contributed by atoms with Gasteiger partial charge in [-0.15, -0.1) is 0 Å². The van der Waals surface area contributed by atoms with Gasteiger partial charge in [0, 0.05) is 17.9 Å². The number of hydrogen-bond acceptors (Lipinski definition) is 5. The molecule has 1 aromatic carbocycles. The lowest BCUT2D eigenvalue weighted by Crippen LogP contribution is -2.34. The van der Waals surface area contributed by atoms with E-state index in [2.05, 4.69) is 0 Å². The summed E-state index contributed by atoms with van der Waals surface area (Å²) in [6.07, 6.45) is -0.601. The van der Waals surface area contributed by atoms with Gasteiger partial charge >= 0.3 is 0 Å². The van der Waals surface area contributed by atoms with Crippen molar-refractivity contribution in [3.05, 3.63) is 29.8 Å². The highest BCUT2D eigenvalue weighted by atomic mass is 16.5. The van der Waals surface area contributed by atoms with E-state index in [4.69, 9.17) is 4.74 Å². The summed E-state index contributed by atoms with van der Waals surface area (Å²) in [4.78, 5) is 21.2. The first-order valence-electron chi connectivity index (χ1n) is 5.18. The van der Waals surface area contributed by atoms with Crippen molar-refractivity contribution in [2.24, 2.45) is 0 Å². The molecule has 5 heteroatoms. The molecule has 92 valence electrons. The molecular weight excluding hydrogens is 224 g/mol. The van der Waals surface area contributed by atoms with Crippen LogP contribution in [0.25, 0.3) is 0 Å². The number of aliphatic carboxylic acids is 2. The fourth-order valence-corrected chi connectivity index (χ4v) is 1.47. The maximum atomic E-state index is 10.8. The van der Waals surface area contributed by atoms with Gasteiger partial charge in [-0.3, -0.25) is 0 Å². The molecule has 0 aromatic heterocycles. The van der Waals surface area contributed by atoms with Crippen LogP contribution in [0.15, 0.2) is 24.3 Å². The molecule has 0 radical (unpaired) electrons. The Kier molecular flexibility index (Phi) is 4.51. The van der Waals surface area contributed by atoms with Crippen LogP contribution in [0.2, 0.25) is 0 Å². The highest BCUT2D eigenvalue weighted by molar-refractivity contribution is 5.80. The highest BCUT2D eigenvalue weighted by Gasteiger charge is 2.13. The Morgan fingerprint density at radius 2 is 1.82 bits per heavy atom. The van der Waals surface area contributed by atoms with Crippen molar-refractivity contribution < 1.29 is 24.5 Å². The van der Waals surface area contributed by atoms with Gasteiger partial charge in [0.25, 0.3) is 0 Å². The molecule has 0 unspecified atom stereocenters. The third kappa shape index (κ3) is 3.79. The number of ether oxygens (including phenoxy) is 1. The van der Waals surface area contributed by atoms with Crippen molar-refractivity contribution >= 4 is 11.9 Å². The molecule has 0 saturated carbocycles. The zero-order valence-corrected chi connectivity index (χ0v) is 9.34. The maximum Gasteiger partial charge on any atom is 0.119 e. The van der Waals surface area contributed by atoms with Crippen LogP contribution in [0.5, 0.6) is 5.75 Å². The minimum Gasteiger partial charge on any atom is -0.550 e. The van der Waals surface area contributed by atoms with E-state index in [1.165, 1.54) is 12.1 Å². The average Bonchev–Trinajstić information content (AvgIpc) is 2.27. The molecule has 0 bridgehead atoms. The number of carbonyl (C=O) groups is 2. The van der Waals surface area contributed by atoms with Crippen LogP contribution in [0.4, 0.5) is 0 Å². The van der Waals surface area contributed by atoms with Gasteiger partial charge in [-0.25, -0.2) is 0 Å². The normalized spacial score (nSPS) is 11.8. The fraction of sp³-hybridized carbons (Fsp3) is 0.333. The number of hydrogen-bond donors (Lipinski definition) is 0. The summed E-state index contributed by atoms with van der Waals surface area (Å²) in [7, 11) is 0. The molecule has 5 nitrogen and oxygen atoms in total. The van der Waals surface area contributed by atoms with Crippen molar-refractivity contribution in [1.29, 1.82) is 0 Å². The van der Waals surface area contributed by atoms with Crippen LogP contribution in [0.1, 0.15) is 24.8 Å². The summed E-state index contributed by atoms with van der Waals surface area (Å²) >= 11 is 0. The van der Waals surface area contributed by atoms with E-state index in [-0.39, 0.29) is 0 Å². The van der Waals surface area contributed by atoms with Crippen LogP contribution in [0, 0.1) is 0 Å². The van der Waals surface area contributed by atoms with Crippen LogP contribution in [-0.2, 0) is 9.59 Å².